The number of pyridine rings is 1. The fourth-order valence-electron chi connectivity index (χ4n) is 3.24. The van der Waals surface area contributed by atoms with E-state index in [9.17, 15) is 18.8 Å². The highest BCUT2D eigenvalue weighted by atomic mass is 32.2. The summed E-state index contributed by atoms with van der Waals surface area (Å²) in [6.45, 7) is 1.82. The van der Waals surface area contributed by atoms with E-state index in [1.165, 1.54) is 12.3 Å². The van der Waals surface area contributed by atoms with Crippen LogP contribution in [0.3, 0.4) is 0 Å². The van der Waals surface area contributed by atoms with E-state index < -0.39 is 11.8 Å². The van der Waals surface area contributed by atoms with E-state index in [1.807, 2.05) is 29.2 Å². The average Bonchev–Trinajstić information content (AvgIpc) is 2.75. The SMILES string of the molecule is COc1ccc(C(C#N)N2CCN(C(=O)c3cccnc3SC(F)F)CC2)cc1. The van der Waals surface area contributed by atoms with Crippen LogP contribution < -0.4 is 4.74 Å². The van der Waals surface area contributed by atoms with E-state index in [0.717, 1.165) is 11.3 Å². The molecule has 0 spiro atoms. The van der Waals surface area contributed by atoms with Gasteiger partial charge in [-0.3, -0.25) is 9.69 Å². The number of ether oxygens (including phenoxy) is 1. The van der Waals surface area contributed by atoms with Crippen molar-refractivity contribution >= 4 is 17.7 Å². The number of rotatable bonds is 6. The van der Waals surface area contributed by atoms with Crippen molar-refractivity contribution in [2.24, 2.45) is 0 Å². The maximum absolute atomic E-state index is 12.8. The van der Waals surface area contributed by atoms with Gasteiger partial charge in [-0.1, -0.05) is 12.1 Å². The summed E-state index contributed by atoms with van der Waals surface area (Å²) >= 11 is 0.271. The molecule has 0 N–H and O–H groups in total. The highest BCUT2D eigenvalue weighted by molar-refractivity contribution is 7.99. The van der Waals surface area contributed by atoms with Crippen LogP contribution in [0.15, 0.2) is 47.6 Å². The molecular formula is C20H20F2N4O2S. The number of carbonyl (C=O) groups is 1. The van der Waals surface area contributed by atoms with E-state index >= 15 is 0 Å². The molecule has 29 heavy (non-hydrogen) atoms. The van der Waals surface area contributed by atoms with Gasteiger partial charge in [0.15, 0.2) is 0 Å². The lowest BCUT2D eigenvalue weighted by molar-refractivity contribution is 0.0602. The topological polar surface area (TPSA) is 69.5 Å². The number of piperazine rings is 1. The van der Waals surface area contributed by atoms with Crippen LogP contribution in [-0.4, -0.2) is 59.7 Å². The molecule has 1 saturated heterocycles. The van der Waals surface area contributed by atoms with E-state index in [2.05, 4.69) is 11.1 Å². The molecule has 3 rings (SSSR count). The second kappa shape index (κ2) is 9.67. The fraction of sp³-hybridized carbons (Fsp3) is 0.350. The zero-order chi connectivity index (χ0) is 20.8. The monoisotopic (exact) mass is 418 g/mol. The van der Waals surface area contributed by atoms with Gasteiger partial charge < -0.3 is 9.64 Å². The van der Waals surface area contributed by atoms with Crippen LogP contribution in [0.4, 0.5) is 8.78 Å². The molecule has 9 heteroatoms. The molecule has 1 aromatic heterocycles. The Hall–Kier alpha value is -2.70. The summed E-state index contributed by atoms with van der Waals surface area (Å²) < 4.78 is 30.6. The van der Waals surface area contributed by atoms with E-state index in [-0.39, 0.29) is 28.3 Å². The molecule has 1 fully saturated rings. The first-order chi connectivity index (χ1) is 14.0. The number of methoxy groups -OCH3 is 1. The number of nitrogens with zero attached hydrogens (tertiary/aromatic N) is 4. The Kier molecular flexibility index (Phi) is 7.01. The van der Waals surface area contributed by atoms with Crippen LogP contribution in [0.25, 0.3) is 0 Å². The number of thioether (sulfide) groups is 1. The molecular weight excluding hydrogens is 398 g/mol. The molecule has 2 heterocycles. The second-order valence-electron chi connectivity index (χ2n) is 6.37. The van der Waals surface area contributed by atoms with Gasteiger partial charge in [0.2, 0.25) is 0 Å². The fourth-order valence-corrected chi connectivity index (χ4v) is 3.81. The molecule has 1 atom stereocenters. The number of alkyl halides is 2. The summed E-state index contributed by atoms with van der Waals surface area (Å²) in [5.74, 6) is -2.25. The van der Waals surface area contributed by atoms with Crippen molar-refractivity contribution in [3.8, 4) is 11.8 Å². The Morgan fingerprint density at radius 1 is 1.21 bits per heavy atom. The smallest absolute Gasteiger partial charge is 0.290 e. The molecule has 1 aromatic carbocycles. The summed E-state index contributed by atoms with van der Waals surface area (Å²) in [7, 11) is 1.58. The molecule has 6 nitrogen and oxygen atoms in total. The van der Waals surface area contributed by atoms with Crippen LogP contribution in [0.2, 0.25) is 0 Å². The van der Waals surface area contributed by atoms with E-state index in [1.54, 1.807) is 18.1 Å². The Bertz CT molecular complexity index is 881. The number of nitriles is 1. The molecule has 0 bridgehead atoms. The minimum absolute atomic E-state index is 0.0306. The van der Waals surface area contributed by atoms with Crippen molar-refractivity contribution in [3.63, 3.8) is 0 Å². The van der Waals surface area contributed by atoms with Crippen molar-refractivity contribution < 1.29 is 18.3 Å². The van der Waals surface area contributed by atoms with Crippen LogP contribution >= 0.6 is 11.8 Å². The Morgan fingerprint density at radius 3 is 2.48 bits per heavy atom. The van der Waals surface area contributed by atoms with Crippen LogP contribution in [0.5, 0.6) is 5.75 Å². The lowest BCUT2D eigenvalue weighted by atomic mass is 10.1. The highest BCUT2D eigenvalue weighted by Crippen LogP contribution is 2.28. The maximum atomic E-state index is 12.8. The number of hydrogen-bond donors (Lipinski definition) is 0. The predicted octanol–water partition coefficient (Wildman–Crippen LogP) is 3.43. The number of aromatic nitrogens is 1. The van der Waals surface area contributed by atoms with Gasteiger partial charge in [0.25, 0.3) is 11.7 Å². The maximum Gasteiger partial charge on any atom is 0.290 e. The molecule has 2 aromatic rings. The van der Waals surface area contributed by atoms with Gasteiger partial charge in [-0.25, -0.2) is 4.98 Å². The lowest BCUT2D eigenvalue weighted by Crippen LogP contribution is -2.49. The van der Waals surface area contributed by atoms with E-state index in [4.69, 9.17) is 4.74 Å². The number of benzene rings is 1. The lowest BCUT2D eigenvalue weighted by Gasteiger charge is -2.37. The molecule has 1 unspecified atom stereocenters. The van der Waals surface area contributed by atoms with Crippen molar-refractivity contribution in [1.82, 2.24) is 14.8 Å². The van der Waals surface area contributed by atoms with Crippen molar-refractivity contribution in [2.75, 3.05) is 33.3 Å². The highest BCUT2D eigenvalue weighted by Gasteiger charge is 2.29. The predicted molar refractivity (Wildman–Crippen MR) is 105 cm³/mol. The average molecular weight is 418 g/mol. The summed E-state index contributed by atoms with van der Waals surface area (Å²) in [5.41, 5.74) is 1.04. The minimum atomic E-state index is -2.64. The Labute approximate surface area is 172 Å². The van der Waals surface area contributed by atoms with Crippen molar-refractivity contribution in [3.05, 3.63) is 53.7 Å². The van der Waals surface area contributed by atoms with Gasteiger partial charge in [-0.15, -0.1) is 0 Å². The first-order valence-electron chi connectivity index (χ1n) is 9.00. The van der Waals surface area contributed by atoms with Crippen LogP contribution in [0.1, 0.15) is 22.0 Å². The zero-order valence-electron chi connectivity index (χ0n) is 15.8. The molecule has 1 aliphatic heterocycles. The van der Waals surface area contributed by atoms with Gasteiger partial charge in [0.1, 0.15) is 16.8 Å². The molecule has 0 aliphatic carbocycles. The second-order valence-corrected chi connectivity index (χ2v) is 7.35. The van der Waals surface area contributed by atoms with Crippen LogP contribution in [0, 0.1) is 11.3 Å². The summed E-state index contributed by atoms with van der Waals surface area (Å²) in [6, 6.07) is 12.3. The Morgan fingerprint density at radius 2 is 1.90 bits per heavy atom. The summed E-state index contributed by atoms with van der Waals surface area (Å²) in [4.78, 5) is 20.4. The van der Waals surface area contributed by atoms with Crippen molar-refractivity contribution in [1.29, 1.82) is 5.26 Å². The van der Waals surface area contributed by atoms with Gasteiger partial charge in [0.05, 0.1) is 18.7 Å². The molecule has 152 valence electrons. The zero-order valence-corrected chi connectivity index (χ0v) is 16.6. The quantitative estimate of drug-likeness (QED) is 0.670. The number of amides is 1. The van der Waals surface area contributed by atoms with Crippen molar-refractivity contribution in [2.45, 2.75) is 16.8 Å². The van der Waals surface area contributed by atoms with Gasteiger partial charge >= 0.3 is 0 Å². The standard InChI is InChI=1S/C20H20F2N4O2S/c1-28-15-6-4-14(5-7-15)17(13-23)25-9-11-26(12-10-25)19(27)16-3-2-8-24-18(16)29-20(21)22/h2-8,17,20H,9-12H2,1H3. The summed E-state index contributed by atoms with van der Waals surface area (Å²) in [6.07, 6.45) is 1.39. The number of halogens is 2. The van der Waals surface area contributed by atoms with Crippen LogP contribution in [-0.2, 0) is 0 Å². The van der Waals surface area contributed by atoms with Gasteiger partial charge in [-0.2, -0.15) is 14.0 Å². The molecule has 1 aliphatic rings. The summed E-state index contributed by atoms with van der Waals surface area (Å²) in [5, 5.41) is 9.68. The first kappa shape index (κ1) is 21.0. The molecule has 0 radical (unpaired) electrons. The number of hydrogen-bond acceptors (Lipinski definition) is 6. The minimum Gasteiger partial charge on any atom is -0.497 e. The molecule has 0 saturated carbocycles. The normalized spacial score (nSPS) is 15.8. The van der Waals surface area contributed by atoms with Gasteiger partial charge in [0, 0.05) is 32.4 Å². The third-order valence-electron chi connectivity index (χ3n) is 4.72. The largest absolute Gasteiger partial charge is 0.497 e. The van der Waals surface area contributed by atoms with E-state index in [0.29, 0.717) is 26.2 Å². The molecule has 1 amide bonds. The Balaban J connectivity index is 1.67. The third kappa shape index (κ3) is 5.02. The number of carbonyl (C=O) groups excluding carboxylic acids is 1. The third-order valence-corrected chi connectivity index (χ3v) is 5.45. The van der Waals surface area contributed by atoms with Gasteiger partial charge in [-0.05, 0) is 41.6 Å². The first-order valence-corrected chi connectivity index (χ1v) is 9.88.